The van der Waals surface area contributed by atoms with Crippen LogP contribution in [0.3, 0.4) is 0 Å². The minimum absolute atomic E-state index is 0.0595. The van der Waals surface area contributed by atoms with E-state index in [0.29, 0.717) is 0 Å². The fourth-order valence-corrected chi connectivity index (χ4v) is 30.6. The predicted octanol–water partition coefficient (Wildman–Crippen LogP) is 46.2. The molecule has 3 heteroatoms. The predicted molar refractivity (Wildman–Crippen MR) is 628 cm³/mol. The molecule has 6 aliphatic rings. The van der Waals surface area contributed by atoms with Crippen molar-refractivity contribution in [2.75, 3.05) is 0 Å². The van der Waals surface area contributed by atoms with E-state index < -0.39 is 0 Å². The fourth-order valence-electron chi connectivity index (χ4n) is 29.5. The highest BCUT2D eigenvalue weighted by atomic mass is 79.9. The number of rotatable bonds is 63. The lowest BCUT2D eigenvalue weighted by molar-refractivity contribution is 0.389. The minimum atomic E-state index is -0.243. The first-order valence-electron chi connectivity index (χ1n) is 59.7. The monoisotopic (exact) mass is 2080 g/mol. The Bertz CT molecular complexity index is 5140. The summed E-state index contributed by atoms with van der Waals surface area (Å²) in [6, 6.07) is 72.2. The molecule has 16 rings (SSSR count). The highest BCUT2D eigenvalue weighted by Gasteiger charge is 2.59. The summed E-state index contributed by atoms with van der Waals surface area (Å²) >= 11 is 12.4. The molecule has 0 aromatic heterocycles. The maximum Gasteiger partial charge on any atom is 0.0221 e. The van der Waals surface area contributed by atoms with E-state index in [-0.39, 0.29) is 32.5 Å². The van der Waals surface area contributed by atoms with Crippen LogP contribution in [0.1, 0.15) is 535 Å². The summed E-state index contributed by atoms with van der Waals surface area (Å²) in [6.07, 6.45) is 75.0. The van der Waals surface area contributed by atoms with Crippen LogP contribution in [0, 0.1) is 0 Å². The van der Waals surface area contributed by atoms with Crippen LogP contribution in [0.5, 0.6) is 0 Å². The average Bonchev–Trinajstić information content (AvgIpc) is 1.48. The van der Waals surface area contributed by atoms with Crippen LogP contribution in [0.15, 0.2) is 177 Å². The molecule has 0 unspecified atom stereocenters. The molecule has 0 heterocycles. The van der Waals surface area contributed by atoms with Gasteiger partial charge < -0.3 is 0 Å². The Morgan fingerprint density at radius 2 is 0.298 bits per heavy atom. The lowest BCUT2D eigenvalue weighted by atomic mass is 9.63. The zero-order chi connectivity index (χ0) is 98.6. The standard InChI is InChI=1S/C138H183Br3/c1-13-25-37-49-79-133(80-50-38-26-14-2)121-94-103(61-70-109(121)112-73-67-106(139)97-124(112)133)100-64-76-118-115(91-100)127-130(136(118,85-55-43-31-19-7)86-56-44-32-20-8)128-117-93-102(105-63-72-111-114-75-69-108(141)99-126(114)135(123(111)96-105,83-53-41-29-17-5)84-54-42-30-18-6)66-78-120(117)138(89-59-47-35-23-11,90-60-48-36-24-12)132(128)129-116-92-101(65-77-119(116)137(131(127)129,87-57-45-33-21-9)88-58-46-34-22-10)104-62-71-110-113-74-68-107(140)98-125(113)134(122(110)95-104,81-51-39-27-15-3)82-52-40-28-16-4/h61-78,91-99H,13-60,79-90H2,1-12H3. The topological polar surface area (TPSA) is 0 Å². The summed E-state index contributed by atoms with van der Waals surface area (Å²) in [4.78, 5) is 0. The van der Waals surface area contributed by atoms with Gasteiger partial charge in [0.15, 0.2) is 0 Å². The van der Waals surface area contributed by atoms with Crippen LogP contribution in [-0.2, 0) is 32.5 Å². The molecule has 6 aliphatic carbocycles. The van der Waals surface area contributed by atoms with Crippen LogP contribution in [0.2, 0.25) is 0 Å². The highest BCUT2D eigenvalue weighted by molar-refractivity contribution is 9.11. The lowest BCUT2D eigenvalue weighted by Gasteiger charge is -2.39. The molecule has 0 N–H and O–H groups in total. The van der Waals surface area contributed by atoms with Crippen molar-refractivity contribution in [1.82, 2.24) is 0 Å². The molecule has 0 bridgehead atoms. The van der Waals surface area contributed by atoms with Gasteiger partial charge in [0.25, 0.3) is 0 Å². The van der Waals surface area contributed by atoms with Crippen LogP contribution >= 0.6 is 47.8 Å². The maximum atomic E-state index is 4.15. The Morgan fingerprint density at radius 1 is 0.142 bits per heavy atom. The summed E-state index contributed by atoms with van der Waals surface area (Å²) < 4.78 is 3.66. The second kappa shape index (κ2) is 50.6. The van der Waals surface area contributed by atoms with Crippen molar-refractivity contribution in [3.63, 3.8) is 0 Å². The third-order valence-electron chi connectivity index (χ3n) is 36.8. The number of hydrogen-bond donors (Lipinski definition) is 0. The van der Waals surface area contributed by atoms with Crippen LogP contribution < -0.4 is 0 Å². The second-order valence-electron chi connectivity index (χ2n) is 46.1. The zero-order valence-electron chi connectivity index (χ0n) is 90.6. The summed E-state index contributed by atoms with van der Waals surface area (Å²) in [5, 5.41) is 0. The lowest BCUT2D eigenvalue weighted by Crippen LogP contribution is -2.31. The molecule has 0 amide bonds. The van der Waals surface area contributed by atoms with Crippen molar-refractivity contribution in [2.45, 2.75) is 501 Å². The number of halogens is 3. The van der Waals surface area contributed by atoms with Crippen molar-refractivity contribution in [2.24, 2.45) is 0 Å². The van der Waals surface area contributed by atoms with E-state index in [1.807, 2.05) is 0 Å². The van der Waals surface area contributed by atoms with Crippen molar-refractivity contribution in [3.05, 3.63) is 244 Å². The first-order chi connectivity index (χ1) is 69.1. The first kappa shape index (κ1) is 107. The molecule has 10 aromatic carbocycles. The summed E-state index contributed by atoms with van der Waals surface area (Å²) in [5.74, 6) is 0. The maximum absolute atomic E-state index is 4.15. The van der Waals surface area contributed by atoms with Crippen molar-refractivity contribution in [1.29, 1.82) is 0 Å². The number of benzene rings is 10. The van der Waals surface area contributed by atoms with Crippen molar-refractivity contribution in [3.8, 4) is 100 Å². The molecule has 0 saturated heterocycles. The summed E-state index contributed by atoms with van der Waals surface area (Å²) in [7, 11) is 0. The van der Waals surface area contributed by atoms with Gasteiger partial charge in [-0.05, 0) is 317 Å². The smallest absolute Gasteiger partial charge is 0.0221 e. The van der Waals surface area contributed by atoms with Gasteiger partial charge in [-0.3, -0.25) is 0 Å². The van der Waals surface area contributed by atoms with Gasteiger partial charge in [-0.25, -0.2) is 0 Å². The highest BCUT2D eigenvalue weighted by Crippen LogP contribution is 2.73. The zero-order valence-corrected chi connectivity index (χ0v) is 95.4. The van der Waals surface area contributed by atoms with Gasteiger partial charge >= 0.3 is 0 Å². The van der Waals surface area contributed by atoms with Gasteiger partial charge in [-0.15, -0.1) is 0 Å². The Balaban J connectivity index is 1.06. The van der Waals surface area contributed by atoms with E-state index >= 15 is 0 Å². The minimum Gasteiger partial charge on any atom is -0.0654 e. The van der Waals surface area contributed by atoms with E-state index in [2.05, 4.69) is 295 Å². The Kier molecular flexibility index (Phi) is 38.5. The second-order valence-corrected chi connectivity index (χ2v) is 48.8. The van der Waals surface area contributed by atoms with Crippen molar-refractivity contribution < 1.29 is 0 Å². The normalized spacial score (nSPS) is 15.3. The molecule has 0 radical (unpaired) electrons. The number of fused-ring (bicyclic) bond motifs is 21. The van der Waals surface area contributed by atoms with Gasteiger partial charge in [0, 0.05) is 45.9 Å². The van der Waals surface area contributed by atoms with E-state index in [1.165, 1.54) is 465 Å². The Hall–Kier alpha value is -6.36. The third kappa shape index (κ3) is 21.7. The van der Waals surface area contributed by atoms with Gasteiger partial charge in [0.2, 0.25) is 0 Å². The average molecular weight is 2080 g/mol. The summed E-state index contributed by atoms with van der Waals surface area (Å²) in [5.41, 5.74) is 46.3. The van der Waals surface area contributed by atoms with E-state index in [0.717, 1.165) is 0 Å². The molecular weight excluding hydrogens is 1900 g/mol. The van der Waals surface area contributed by atoms with Crippen LogP contribution in [-0.4, -0.2) is 0 Å². The van der Waals surface area contributed by atoms with E-state index in [4.69, 9.17) is 0 Å². The van der Waals surface area contributed by atoms with Crippen molar-refractivity contribution >= 4 is 47.8 Å². The molecular formula is C138H183Br3. The SMILES string of the molecule is CCCCCCC1(CCCCCC)c2cc(Br)ccc2-c2ccc(-c3ccc4c(c3)-c3c(c5c(c6c3C(CCCCCC)(CCCCCC)c3ccc(-c7ccc8c(c7)C(CCCCCC)(CCCCCC)c7cc(Br)ccc7-8)cc3-6)C(CCCCCC)(CCCCCC)c3ccc(-c6ccc7c(c6)C(CCCCCC)(CCCCCC)c6cc(Br)ccc6-7)cc3-5)C4(CCCCCC)CCCCCC)cc21. The number of unbranched alkanes of at least 4 members (excludes halogenated alkanes) is 36. The molecule has 0 fully saturated rings. The molecule has 0 nitrogen and oxygen atoms in total. The molecule has 0 spiro atoms. The van der Waals surface area contributed by atoms with Gasteiger partial charge in [0.05, 0.1) is 0 Å². The molecule has 0 aliphatic heterocycles. The Labute approximate surface area is 885 Å². The van der Waals surface area contributed by atoms with Gasteiger partial charge in [-0.2, -0.15) is 0 Å². The quantitative estimate of drug-likeness (QED) is 0.0333. The largest absolute Gasteiger partial charge is 0.0654 e. The fraction of sp³-hybridized carbons (Fsp3) is 0.565. The number of hydrogen-bond acceptors (Lipinski definition) is 0. The van der Waals surface area contributed by atoms with E-state index in [9.17, 15) is 0 Å². The van der Waals surface area contributed by atoms with Gasteiger partial charge in [0.1, 0.15) is 0 Å². The molecule has 141 heavy (non-hydrogen) atoms. The third-order valence-corrected chi connectivity index (χ3v) is 38.3. The molecule has 10 aromatic rings. The summed E-state index contributed by atoms with van der Waals surface area (Å²) in [6.45, 7) is 29.2. The Morgan fingerprint density at radius 3 is 0.482 bits per heavy atom. The molecule has 0 saturated carbocycles. The van der Waals surface area contributed by atoms with Gasteiger partial charge in [-0.1, -0.05) is 530 Å². The molecule has 756 valence electrons. The first-order valence-corrected chi connectivity index (χ1v) is 62.1. The van der Waals surface area contributed by atoms with Crippen LogP contribution in [0.25, 0.3) is 100 Å². The van der Waals surface area contributed by atoms with E-state index in [1.54, 1.807) is 100 Å². The molecule has 0 atom stereocenters. The van der Waals surface area contributed by atoms with Crippen LogP contribution in [0.4, 0.5) is 0 Å².